The minimum absolute atomic E-state index is 0.0148. The molecule has 7 nitrogen and oxygen atoms in total. The summed E-state index contributed by atoms with van der Waals surface area (Å²) < 4.78 is 10.3. The molecule has 0 atom stereocenters. The molecule has 150 valence electrons. The van der Waals surface area contributed by atoms with Crippen LogP contribution in [0, 0.1) is 0 Å². The summed E-state index contributed by atoms with van der Waals surface area (Å²) in [4.78, 5) is 23.4. The van der Waals surface area contributed by atoms with E-state index in [0.717, 1.165) is 11.1 Å². The van der Waals surface area contributed by atoms with Crippen LogP contribution in [0.25, 0.3) is 11.5 Å². The van der Waals surface area contributed by atoms with E-state index in [1.54, 1.807) is 12.1 Å². The van der Waals surface area contributed by atoms with Crippen LogP contribution >= 0.6 is 0 Å². The highest BCUT2D eigenvalue weighted by molar-refractivity contribution is 5.89. The Labute approximate surface area is 169 Å². The fourth-order valence-electron chi connectivity index (χ4n) is 2.81. The number of aromatic nitrogens is 2. The predicted molar refractivity (Wildman–Crippen MR) is 107 cm³/mol. The van der Waals surface area contributed by atoms with E-state index in [-0.39, 0.29) is 11.9 Å². The zero-order valence-electron chi connectivity index (χ0n) is 16.3. The number of esters is 1. The molecule has 0 unspecified atom stereocenters. The highest BCUT2D eigenvalue weighted by Gasteiger charge is 2.09. The molecule has 1 aromatic heterocycles. The van der Waals surface area contributed by atoms with Gasteiger partial charge in [0.15, 0.2) is 0 Å². The van der Waals surface area contributed by atoms with E-state index in [9.17, 15) is 9.59 Å². The Balaban J connectivity index is 1.35. The summed E-state index contributed by atoms with van der Waals surface area (Å²) in [6.45, 7) is 0.537. The fraction of sp³-hybridized carbons (Fsp3) is 0.273. The Morgan fingerprint density at radius 3 is 2.48 bits per heavy atom. The average molecular weight is 393 g/mol. The lowest BCUT2D eigenvalue weighted by Crippen LogP contribution is -2.25. The largest absolute Gasteiger partial charge is 0.465 e. The van der Waals surface area contributed by atoms with E-state index in [0.29, 0.717) is 49.6 Å². The second kappa shape index (κ2) is 10.2. The number of nitrogens with one attached hydrogen (secondary N) is 1. The Morgan fingerprint density at radius 1 is 1.00 bits per heavy atom. The quantitative estimate of drug-likeness (QED) is 0.561. The maximum absolute atomic E-state index is 12.0. The summed E-state index contributed by atoms with van der Waals surface area (Å²) >= 11 is 0. The Bertz CT molecular complexity index is 936. The van der Waals surface area contributed by atoms with Gasteiger partial charge in [-0.3, -0.25) is 4.79 Å². The number of carbonyl (C=O) groups is 2. The number of hydrogen-bond acceptors (Lipinski definition) is 6. The maximum Gasteiger partial charge on any atom is 0.337 e. The van der Waals surface area contributed by atoms with Gasteiger partial charge in [-0.25, -0.2) is 4.79 Å². The average Bonchev–Trinajstić information content (AvgIpc) is 3.23. The zero-order valence-corrected chi connectivity index (χ0v) is 16.3. The van der Waals surface area contributed by atoms with Gasteiger partial charge in [0.25, 0.3) is 0 Å². The molecule has 0 bridgehead atoms. The lowest BCUT2D eigenvalue weighted by Gasteiger charge is -2.06. The summed E-state index contributed by atoms with van der Waals surface area (Å²) in [7, 11) is 1.35. The number of rotatable bonds is 9. The van der Waals surface area contributed by atoms with Crippen molar-refractivity contribution >= 4 is 11.9 Å². The minimum Gasteiger partial charge on any atom is -0.465 e. The van der Waals surface area contributed by atoms with Crippen molar-refractivity contribution in [3.63, 3.8) is 0 Å². The molecule has 0 fully saturated rings. The standard InChI is InChI=1S/C22H23N3O4/c1-28-22(27)18-12-10-16(11-13-18)14-15-23-19(26)8-5-9-20-24-25-21(29-20)17-6-3-2-4-7-17/h2-4,6-7,10-13H,5,8-9,14-15H2,1H3,(H,23,26). The van der Waals surface area contributed by atoms with E-state index < -0.39 is 0 Å². The first-order valence-electron chi connectivity index (χ1n) is 9.47. The number of nitrogens with zero attached hydrogens (tertiary/aromatic N) is 2. The van der Waals surface area contributed by atoms with Crippen LogP contribution in [0.3, 0.4) is 0 Å². The molecule has 3 rings (SSSR count). The second-order valence-electron chi connectivity index (χ2n) is 6.51. The SMILES string of the molecule is COC(=O)c1ccc(CCNC(=O)CCCc2nnc(-c3ccccc3)o2)cc1. The van der Waals surface area contributed by atoms with E-state index in [1.165, 1.54) is 7.11 Å². The predicted octanol–water partition coefficient (Wildman–Crippen LogP) is 3.20. The van der Waals surface area contributed by atoms with Gasteiger partial charge in [0.05, 0.1) is 12.7 Å². The van der Waals surface area contributed by atoms with Crippen molar-refractivity contribution in [3.05, 3.63) is 71.6 Å². The number of hydrogen-bond donors (Lipinski definition) is 1. The van der Waals surface area contributed by atoms with Crippen molar-refractivity contribution in [2.45, 2.75) is 25.7 Å². The van der Waals surface area contributed by atoms with Crippen LogP contribution in [0.5, 0.6) is 0 Å². The van der Waals surface area contributed by atoms with Crippen molar-refractivity contribution in [1.29, 1.82) is 0 Å². The molecule has 7 heteroatoms. The van der Waals surface area contributed by atoms with E-state index >= 15 is 0 Å². The third kappa shape index (κ3) is 6.00. The van der Waals surface area contributed by atoms with Gasteiger partial charge < -0.3 is 14.5 Å². The lowest BCUT2D eigenvalue weighted by atomic mass is 10.1. The topological polar surface area (TPSA) is 94.3 Å². The summed E-state index contributed by atoms with van der Waals surface area (Å²) in [5, 5.41) is 11.0. The number of ether oxygens (including phenoxy) is 1. The van der Waals surface area contributed by atoms with Gasteiger partial charge >= 0.3 is 5.97 Å². The summed E-state index contributed by atoms with van der Waals surface area (Å²) in [5.41, 5.74) is 2.43. The molecule has 1 heterocycles. The molecule has 1 amide bonds. The molecule has 0 aliphatic rings. The summed E-state index contributed by atoms with van der Waals surface area (Å²) in [6.07, 6.45) is 2.28. The summed E-state index contributed by atoms with van der Waals surface area (Å²) in [6, 6.07) is 16.7. The Morgan fingerprint density at radius 2 is 1.76 bits per heavy atom. The van der Waals surface area contributed by atoms with Gasteiger partial charge in [-0.2, -0.15) is 0 Å². The normalized spacial score (nSPS) is 10.5. The first kappa shape index (κ1) is 20.3. The molecule has 0 radical (unpaired) electrons. The first-order chi connectivity index (χ1) is 14.2. The van der Waals surface area contributed by atoms with Crippen molar-refractivity contribution in [3.8, 4) is 11.5 Å². The van der Waals surface area contributed by atoms with Crippen LogP contribution in [0.2, 0.25) is 0 Å². The van der Waals surface area contributed by atoms with E-state index in [1.807, 2.05) is 42.5 Å². The summed E-state index contributed by atoms with van der Waals surface area (Å²) in [5.74, 6) is 0.645. The lowest BCUT2D eigenvalue weighted by molar-refractivity contribution is -0.121. The smallest absolute Gasteiger partial charge is 0.337 e. The van der Waals surface area contributed by atoms with Crippen molar-refractivity contribution in [2.24, 2.45) is 0 Å². The van der Waals surface area contributed by atoms with Gasteiger partial charge in [-0.1, -0.05) is 30.3 Å². The maximum atomic E-state index is 12.0. The fourth-order valence-corrected chi connectivity index (χ4v) is 2.81. The van der Waals surface area contributed by atoms with Gasteiger partial charge in [0.2, 0.25) is 17.7 Å². The van der Waals surface area contributed by atoms with Crippen LogP contribution in [0.4, 0.5) is 0 Å². The van der Waals surface area contributed by atoms with Crippen LogP contribution in [-0.4, -0.2) is 35.7 Å². The molecule has 0 aliphatic heterocycles. The molecule has 0 saturated carbocycles. The van der Waals surface area contributed by atoms with Crippen LogP contribution in [0.1, 0.15) is 34.7 Å². The molecule has 0 saturated heterocycles. The highest BCUT2D eigenvalue weighted by atomic mass is 16.5. The molecule has 29 heavy (non-hydrogen) atoms. The zero-order chi connectivity index (χ0) is 20.5. The van der Waals surface area contributed by atoms with Crippen LogP contribution in [-0.2, 0) is 22.4 Å². The molecular formula is C22H23N3O4. The number of amides is 1. The molecule has 0 spiro atoms. The molecule has 2 aromatic carbocycles. The first-order valence-corrected chi connectivity index (χ1v) is 9.47. The molecule has 3 aromatic rings. The minimum atomic E-state index is -0.359. The van der Waals surface area contributed by atoms with Gasteiger partial charge in [0, 0.05) is 24.9 Å². The number of methoxy groups -OCH3 is 1. The Hall–Kier alpha value is -3.48. The van der Waals surface area contributed by atoms with Crippen LogP contribution in [0.15, 0.2) is 59.0 Å². The number of benzene rings is 2. The monoisotopic (exact) mass is 393 g/mol. The third-order valence-corrected chi connectivity index (χ3v) is 4.39. The molecular weight excluding hydrogens is 370 g/mol. The highest BCUT2D eigenvalue weighted by Crippen LogP contribution is 2.17. The Kier molecular flexibility index (Phi) is 7.10. The van der Waals surface area contributed by atoms with Crippen molar-refractivity contribution < 1.29 is 18.7 Å². The second-order valence-corrected chi connectivity index (χ2v) is 6.51. The van der Waals surface area contributed by atoms with Gasteiger partial charge in [0.1, 0.15) is 0 Å². The number of carbonyl (C=O) groups excluding carboxylic acids is 2. The third-order valence-electron chi connectivity index (χ3n) is 4.39. The van der Waals surface area contributed by atoms with Crippen LogP contribution < -0.4 is 5.32 Å². The molecule has 1 N–H and O–H groups in total. The van der Waals surface area contributed by atoms with Crippen molar-refractivity contribution in [1.82, 2.24) is 15.5 Å². The van der Waals surface area contributed by atoms with Crippen molar-refractivity contribution in [2.75, 3.05) is 13.7 Å². The van der Waals surface area contributed by atoms with Gasteiger partial charge in [-0.05, 0) is 42.7 Å². The van der Waals surface area contributed by atoms with Gasteiger partial charge in [-0.15, -0.1) is 10.2 Å². The number of aryl methyl sites for hydroxylation is 1. The van der Waals surface area contributed by atoms with E-state index in [2.05, 4.69) is 20.3 Å². The molecule has 0 aliphatic carbocycles. The van der Waals surface area contributed by atoms with E-state index in [4.69, 9.17) is 4.42 Å².